The highest BCUT2D eigenvalue weighted by Crippen LogP contribution is 2.48. The van der Waals surface area contributed by atoms with E-state index in [0.717, 1.165) is 47.9 Å². The zero-order valence-corrected chi connectivity index (χ0v) is 28.8. The van der Waals surface area contributed by atoms with Gasteiger partial charge >= 0.3 is 0 Å². The van der Waals surface area contributed by atoms with Crippen LogP contribution < -0.4 is 0 Å². The summed E-state index contributed by atoms with van der Waals surface area (Å²) in [6.07, 6.45) is 24.4. The van der Waals surface area contributed by atoms with Crippen molar-refractivity contribution in [3.8, 4) is 45.0 Å². The lowest BCUT2D eigenvalue weighted by Crippen LogP contribution is -2.19. The molecule has 0 saturated heterocycles. The minimum Gasteiger partial charge on any atom is -0.208 e. The number of benzene rings is 4. The van der Waals surface area contributed by atoms with Gasteiger partial charge in [-0.2, -0.15) is 0 Å². The van der Waals surface area contributed by atoms with Crippen LogP contribution >= 0.6 is 0 Å². The highest BCUT2D eigenvalue weighted by molar-refractivity contribution is 5.85. The van der Waals surface area contributed by atoms with Crippen molar-refractivity contribution in [2.24, 2.45) is 11.8 Å². The van der Waals surface area contributed by atoms with Crippen LogP contribution in [0.15, 0.2) is 175 Å². The minimum atomic E-state index is 0.356. The molecule has 4 aromatic carbocycles. The van der Waals surface area contributed by atoms with Crippen LogP contribution in [0.3, 0.4) is 0 Å². The second kappa shape index (κ2) is 13.4. The monoisotopic (exact) mass is 657 g/mol. The fourth-order valence-corrected chi connectivity index (χ4v) is 7.94. The molecule has 0 N–H and O–H groups in total. The van der Waals surface area contributed by atoms with Gasteiger partial charge in [-0.25, -0.2) is 15.0 Å². The van der Waals surface area contributed by atoms with Crippen LogP contribution in [0.2, 0.25) is 0 Å². The summed E-state index contributed by atoms with van der Waals surface area (Å²) in [6, 6.07) is 36.8. The Hall–Kier alpha value is -5.93. The summed E-state index contributed by atoms with van der Waals surface area (Å²) >= 11 is 0. The second-order valence-corrected chi connectivity index (χ2v) is 13.9. The molecule has 3 nitrogen and oxygen atoms in total. The average Bonchev–Trinajstić information content (AvgIpc) is 3.21. The molecule has 0 spiro atoms. The molecule has 9 rings (SSSR count). The first-order valence-corrected chi connectivity index (χ1v) is 18.2. The van der Waals surface area contributed by atoms with Crippen molar-refractivity contribution < 1.29 is 0 Å². The zero-order chi connectivity index (χ0) is 34.1. The van der Waals surface area contributed by atoms with Crippen molar-refractivity contribution in [1.82, 2.24) is 15.0 Å². The Balaban J connectivity index is 1.25. The number of allylic oxidation sites excluding steroid dienone is 14. The average molecular weight is 658 g/mol. The molecule has 0 radical (unpaired) electrons. The van der Waals surface area contributed by atoms with Crippen molar-refractivity contribution >= 4 is 11.1 Å². The van der Waals surface area contributed by atoms with E-state index in [4.69, 9.17) is 15.0 Å². The Kier molecular flexibility index (Phi) is 8.17. The maximum atomic E-state index is 5.19. The van der Waals surface area contributed by atoms with E-state index in [2.05, 4.69) is 147 Å². The summed E-state index contributed by atoms with van der Waals surface area (Å²) in [5, 5.41) is 0. The van der Waals surface area contributed by atoms with E-state index in [-0.39, 0.29) is 0 Å². The van der Waals surface area contributed by atoms with Crippen LogP contribution in [0.4, 0.5) is 0 Å². The fourth-order valence-electron chi connectivity index (χ4n) is 7.94. The van der Waals surface area contributed by atoms with Crippen molar-refractivity contribution in [3.05, 3.63) is 186 Å². The maximum absolute atomic E-state index is 5.19. The van der Waals surface area contributed by atoms with Gasteiger partial charge in [-0.05, 0) is 99.9 Å². The van der Waals surface area contributed by atoms with Crippen molar-refractivity contribution in [2.45, 2.75) is 32.6 Å². The normalized spacial score (nSPS) is 19.2. The number of fused-ring (bicyclic) bond motifs is 2. The van der Waals surface area contributed by atoms with Gasteiger partial charge in [0.15, 0.2) is 17.5 Å². The van der Waals surface area contributed by atoms with E-state index >= 15 is 0 Å². The van der Waals surface area contributed by atoms with Crippen LogP contribution in [-0.4, -0.2) is 15.0 Å². The smallest absolute Gasteiger partial charge is 0.164 e. The van der Waals surface area contributed by atoms with Gasteiger partial charge < -0.3 is 0 Å². The quantitative estimate of drug-likeness (QED) is 0.182. The van der Waals surface area contributed by atoms with Crippen LogP contribution in [0, 0.1) is 11.8 Å². The van der Waals surface area contributed by atoms with E-state index in [0.29, 0.717) is 29.3 Å². The third-order valence-corrected chi connectivity index (χ3v) is 10.5. The topological polar surface area (TPSA) is 38.7 Å². The summed E-state index contributed by atoms with van der Waals surface area (Å²) in [4.78, 5) is 15.4. The first kappa shape index (κ1) is 31.1. The standard InChI is InChI=1S/C48H39N3/c1-32-14-13-23-43-42-22-12-11-21-38(42)31-44(45(32)43)40-28-39(35-26-24-34(25-27-35)33-15-5-2-6-16-33)29-41(30-40)48-50-46(36-17-7-3-8-18-36)49-47(51-48)37-19-9-4-10-20-37/h2-3,5-9,11-13,15-30,32,38H,4,10,14,31H2,1H3. The zero-order valence-electron chi connectivity index (χ0n) is 28.8. The second-order valence-electron chi connectivity index (χ2n) is 13.9. The molecule has 246 valence electrons. The van der Waals surface area contributed by atoms with Crippen molar-refractivity contribution in [3.63, 3.8) is 0 Å². The van der Waals surface area contributed by atoms with Gasteiger partial charge in [0.1, 0.15) is 0 Å². The van der Waals surface area contributed by atoms with Crippen molar-refractivity contribution in [1.29, 1.82) is 0 Å². The first-order valence-electron chi connectivity index (χ1n) is 18.2. The number of hydrogen-bond donors (Lipinski definition) is 0. The number of rotatable bonds is 6. The molecule has 0 aliphatic heterocycles. The van der Waals surface area contributed by atoms with Gasteiger partial charge in [0.2, 0.25) is 0 Å². The molecule has 5 aromatic rings. The molecular weight excluding hydrogens is 619 g/mol. The Morgan fingerprint density at radius 3 is 1.94 bits per heavy atom. The summed E-state index contributed by atoms with van der Waals surface area (Å²) in [5.74, 6) is 2.89. The van der Waals surface area contributed by atoms with Gasteiger partial charge in [-0.15, -0.1) is 0 Å². The van der Waals surface area contributed by atoms with Crippen molar-refractivity contribution in [2.75, 3.05) is 0 Å². The predicted molar refractivity (Wildman–Crippen MR) is 211 cm³/mol. The molecular formula is C48H39N3. The number of hydrogen-bond acceptors (Lipinski definition) is 3. The Bertz CT molecular complexity index is 2350. The van der Waals surface area contributed by atoms with Crippen LogP contribution in [0.25, 0.3) is 56.2 Å². The van der Waals surface area contributed by atoms with Crippen LogP contribution in [-0.2, 0) is 0 Å². The Morgan fingerprint density at radius 2 is 1.20 bits per heavy atom. The molecule has 1 heterocycles. The molecule has 4 aliphatic rings. The molecule has 0 bridgehead atoms. The predicted octanol–water partition coefficient (Wildman–Crippen LogP) is 12.1. The molecule has 3 heteroatoms. The molecule has 51 heavy (non-hydrogen) atoms. The molecule has 0 fully saturated rings. The van der Waals surface area contributed by atoms with E-state index in [1.54, 1.807) is 0 Å². The molecule has 0 amide bonds. The molecule has 4 aliphatic carbocycles. The SMILES string of the molecule is CC1CC=CC2=C3C=CC=CC3CC(c3cc(-c4ccc(-c5ccccc5)cc4)cc(-c4nc(C5=CCCC=C5)nc(-c5ccccc5)n4)c3)=C21. The number of nitrogens with zero attached hydrogens (tertiary/aromatic N) is 3. The number of aromatic nitrogens is 3. The highest BCUT2D eigenvalue weighted by atomic mass is 15.0. The molecule has 2 atom stereocenters. The van der Waals surface area contributed by atoms with E-state index in [9.17, 15) is 0 Å². The van der Waals surface area contributed by atoms with E-state index in [1.165, 1.54) is 44.5 Å². The van der Waals surface area contributed by atoms with Crippen LogP contribution in [0.1, 0.15) is 44.0 Å². The molecule has 2 unspecified atom stereocenters. The van der Waals surface area contributed by atoms with Gasteiger partial charge in [-0.1, -0.05) is 147 Å². The van der Waals surface area contributed by atoms with E-state index in [1.807, 2.05) is 18.2 Å². The van der Waals surface area contributed by atoms with Crippen LogP contribution in [0.5, 0.6) is 0 Å². The van der Waals surface area contributed by atoms with Gasteiger partial charge in [0.05, 0.1) is 0 Å². The van der Waals surface area contributed by atoms with Gasteiger partial charge in [0.25, 0.3) is 0 Å². The lowest BCUT2D eigenvalue weighted by atomic mass is 9.69. The largest absolute Gasteiger partial charge is 0.208 e. The fraction of sp³-hybridized carbons (Fsp3) is 0.146. The lowest BCUT2D eigenvalue weighted by Gasteiger charge is -2.35. The minimum absolute atomic E-state index is 0.356. The third-order valence-electron chi connectivity index (χ3n) is 10.5. The summed E-state index contributed by atoms with van der Waals surface area (Å²) < 4.78 is 0. The first-order chi connectivity index (χ1) is 25.2. The Morgan fingerprint density at radius 1 is 0.549 bits per heavy atom. The van der Waals surface area contributed by atoms with Gasteiger partial charge in [-0.3, -0.25) is 0 Å². The summed E-state index contributed by atoms with van der Waals surface area (Å²) in [5.41, 5.74) is 14.8. The van der Waals surface area contributed by atoms with E-state index < -0.39 is 0 Å². The molecule has 1 aromatic heterocycles. The summed E-state index contributed by atoms with van der Waals surface area (Å²) in [7, 11) is 0. The third kappa shape index (κ3) is 6.10. The molecule has 0 saturated carbocycles. The lowest BCUT2D eigenvalue weighted by molar-refractivity contribution is 0.663. The van der Waals surface area contributed by atoms with Gasteiger partial charge in [0, 0.05) is 22.6 Å². The Labute approximate surface area is 300 Å². The highest BCUT2D eigenvalue weighted by Gasteiger charge is 2.31. The maximum Gasteiger partial charge on any atom is 0.164 e. The summed E-state index contributed by atoms with van der Waals surface area (Å²) in [6.45, 7) is 2.38.